The molecular formula is C12H17F3N4O. The molecule has 5 nitrogen and oxygen atoms in total. The minimum absolute atomic E-state index is 0.0358. The number of hydrogen-bond acceptors (Lipinski definition) is 3. The molecule has 112 valence electrons. The van der Waals surface area contributed by atoms with Crippen molar-refractivity contribution in [1.82, 2.24) is 9.78 Å². The summed E-state index contributed by atoms with van der Waals surface area (Å²) in [5.41, 5.74) is 6.14. The largest absolute Gasteiger partial charge is 0.408 e. The maximum absolute atomic E-state index is 12.2. The van der Waals surface area contributed by atoms with E-state index in [0.29, 0.717) is 6.42 Å². The van der Waals surface area contributed by atoms with Crippen LogP contribution in [0.5, 0.6) is 0 Å². The summed E-state index contributed by atoms with van der Waals surface area (Å²) in [6.45, 7) is -1.17. The lowest BCUT2D eigenvalue weighted by Gasteiger charge is -2.14. The van der Waals surface area contributed by atoms with E-state index in [9.17, 15) is 18.0 Å². The van der Waals surface area contributed by atoms with E-state index in [2.05, 4.69) is 10.4 Å². The SMILES string of the molecule is N[C@@H]1CCC[C@H]1CC(=O)Nc1cnn(CC(F)(F)F)c1. The minimum Gasteiger partial charge on any atom is -0.327 e. The zero-order chi connectivity index (χ0) is 14.8. The number of anilines is 1. The Hall–Kier alpha value is -1.57. The first kappa shape index (κ1) is 14.8. The zero-order valence-electron chi connectivity index (χ0n) is 10.9. The highest BCUT2D eigenvalue weighted by atomic mass is 19.4. The Kier molecular flexibility index (Phi) is 4.32. The van der Waals surface area contributed by atoms with Crippen LogP contribution in [0.3, 0.4) is 0 Å². The fourth-order valence-electron chi connectivity index (χ4n) is 2.47. The van der Waals surface area contributed by atoms with Crippen molar-refractivity contribution in [2.24, 2.45) is 11.7 Å². The van der Waals surface area contributed by atoms with Gasteiger partial charge in [0.25, 0.3) is 0 Å². The molecule has 0 radical (unpaired) electrons. The number of rotatable bonds is 4. The van der Waals surface area contributed by atoms with Crippen molar-refractivity contribution in [2.45, 2.75) is 44.4 Å². The van der Waals surface area contributed by atoms with E-state index in [1.54, 1.807) is 0 Å². The van der Waals surface area contributed by atoms with Gasteiger partial charge in [0.1, 0.15) is 6.54 Å². The fourth-order valence-corrected chi connectivity index (χ4v) is 2.47. The second-order valence-corrected chi connectivity index (χ2v) is 5.15. The fraction of sp³-hybridized carbons (Fsp3) is 0.667. The van der Waals surface area contributed by atoms with Crippen LogP contribution in [0.15, 0.2) is 12.4 Å². The second-order valence-electron chi connectivity index (χ2n) is 5.15. The summed E-state index contributed by atoms with van der Waals surface area (Å²) < 4.78 is 37.2. The van der Waals surface area contributed by atoms with Gasteiger partial charge in [-0.15, -0.1) is 0 Å². The zero-order valence-corrected chi connectivity index (χ0v) is 10.9. The van der Waals surface area contributed by atoms with Crippen molar-refractivity contribution in [3.05, 3.63) is 12.4 Å². The maximum atomic E-state index is 12.2. The van der Waals surface area contributed by atoms with Crippen LogP contribution in [0.25, 0.3) is 0 Å². The van der Waals surface area contributed by atoms with Gasteiger partial charge in [0.2, 0.25) is 5.91 Å². The third-order valence-corrected chi connectivity index (χ3v) is 3.42. The molecule has 1 aliphatic rings. The molecule has 1 amide bonds. The molecule has 1 fully saturated rings. The first-order valence-corrected chi connectivity index (χ1v) is 6.48. The monoisotopic (exact) mass is 290 g/mol. The Bertz CT molecular complexity index is 472. The van der Waals surface area contributed by atoms with Crippen LogP contribution in [0.1, 0.15) is 25.7 Å². The number of carbonyl (C=O) groups excluding carboxylic acids is 1. The lowest BCUT2D eigenvalue weighted by Crippen LogP contribution is -2.28. The van der Waals surface area contributed by atoms with Crippen LogP contribution < -0.4 is 11.1 Å². The van der Waals surface area contributed by atoms with Gasteiger partial charge in [0.05, 0.1) is 11.9 Å². The van der Waals surface area contributed by atoms with Gasteiger partial charge in [-0.2, -0.15) is 18.3 Å². The second kappa shape index (κ2) is 5.82. The van der Waals surface area contributed by atoms with Crippen LogP contribution in [-0.4, -0.2) is 27.9 Å². The molecule has 1 aliphatic carbocycles. The summed E-state index contributed by atoms with van der Waals surface area (Å²) in [6.07, 6.45) is 1.19. The molecule has 1 saturated carbocycles. The number of halogens is 3. The molecule has 3 N–H and O–H groups in total. The summed E-state index contributed by atoms with van der Waals surface area (Å²) in [4.78, 5) is 11.8. The third-order valence-electron chi connectivity index (χ3n) is 3.42. The molecule has 8 heteroatoms. The van der Waals surface area contributed by atoms with Crippen LogP contribution in [0.4, 0.5) is 18.9 Å². The summed E-state index contributed by atoms with van der Waals surface area (Å²) >= 11 is 0. The Balaban J connectivity index is 1.85. The molecule has 0 spiro atoms. The molecule has 20 heavy (non-hydrogen) atoms. The van der Waals surface area contributed by atoms with Gasteiger partial charge >= 0.3 is 6.18 Å². The van der Waals surface area contributed by atoms with Gasteiger partial charge in [-0.25, -0.2) is 0 Å². The molecule has 1 heterocycles. The summed E-state index contributed by atoms with van der Waals surface area (Å²) in [6, 6.07) is 0.0358. The maximum Gasteiger partial charge on any atom is 0.408 e. The summed E-state index contributed by atoms with van der Waals surface area (Å²) in [5, 5.41) is 6.11. The van der Waals surface area contributed by atoms with Crippen molar-refractivity contribution in [2.75, 3.05) is 5.32 Å². The van der Waals surface area contributed by atoms with Crippen LogP contribution >= 0.6 is 0 Å². The van der Waals surface area contributed by atoms with Gasteiger partial charge in [-0.05, 0) is 18.8 Å². The number of nitrogens with one attached hydrogen (secondary N) is 1. The normalized spacial score (nSPS) is 23.0. The first-order valence-electron chi connectivity index (χ1n) is 6.48. The molecule has 2 rings (SSSR count). The Morgan fingerprint density at radius 2 is 2.25 bits per heavy atom. The van der Waals surface area contributed by atoms with Gasteiger partial charge < -0.3 is 11.1 Å². The third kappa shape index (κ3) is 4.22. The smallest absolute Gasteiger partial charge is 0.327 e. The molecule has 1 aromatic rings. The van der Waals surface area contributed by atoms with Crippen LogP contribution in [0, 0.1) is 5.92 Å². The van der Waals surface area contributed by atoms with Gasteiger partial charge in [-0.1, -0.05) is 6.42 Å². The van der Waals surface area contributed by atoms with Gasteiger partial charge in [0.15, 0.2) is 0 Å². The minimum atomic E-state index is -4.33. The van der Waals surface area contributed by atoms with Gasteiger partial charge in [-0.3, -0.25) is 9.48 Å². The van der Waals surface area contributed by atoms with Gasteiger partial charge in [0, 0.05) is 18.7 Å². The molecular weight excluding hydrogens is 273 g/mol. The Labute approximate surface area is 114 Å². The first-order chi connectivity index (χ1) is 9.33. The standard InChI is InChI=1S/C12H17F3N4O/c13-12(14,15)7-19-6-9(5-17-19)18-11(20)4-8-2-1-3-10(8)16/h5-6,8,10H,1-4,7,16H2,(H,18,20)/t8-,10+/m0/s1. The van der Waals surface area contributed by atoms with Crippen molar-refractivity contribution >= 4 is 11.6 Å². The Morgan fingerprint density at radius 3 is 2.85 bits per heavy atom. The van der Waals surface area contributed by atoms with E-state index in [-0.39, 0.29) is 23.6 Å². The van der Waals surface area contributed by atoms with E-state index >= 15 is 0 Å². The van der Waals surface area contributed by atoms with E-state index in [1.807, 2.05) is 0 Å². The highest BCUT2D eigenvalue weighted by molar-refractivity contribution is 5.90. The number of amides is 1. The number of aromatic nitrogens is 2. The average Bonchev–Trinajstić information content (AvgIpc) is 2.87. The lowest BCUT2D eigenvalue weighted by molar-refractivity contribution is -0.142. The molecule has 0 aromatic carbocycles. The Morgan fingerprint density at radius 1 is 1.50 bits per heavy atom. The molecule has 0 aliphatic heterocycles. The number of alkyl halides is 3. The van der Waals surface area contributed by atoms with E-state index < -0.39 is 12.7 Å². The topological polar surface area (TPSA) is 72.9 Å². The van der Waals surface area contributed by atoms with E-state index in [0.717, 1.165) is 23.9 Å². The highest BCUT2D eigenvalue weighted by Crippen LogP contribution is 2.27. The molecule has 2 atom stereocenters. The van der Waals surface area contributed by atoms with Crippen molar-refractivity contribution in [3.8, 4) is 0 Å². The molecule has 0 unspecified atom stereocenters. The van der Waals surface area contributed by atoms with Crippen molar-refractivity contribution in [1.29, 1.82) is 0 Å². The number of nitrogens with two attached hydrogens (primary N) is 1. The highest BCUT2D eigenvalue weighted by Gasteiger charge is 2.29. The van der Waals surface area contributed by atoms with E-state index in [1.165, 1.54) is 12.4 Å². The molecule has 1 aromatic heterocycles. The summed E-state index contributed by atoms with van der Waals surface area (Å²) in [7, 11) is 0. The number of nitrogens with zero attached hydrogens (tertiary/aromatic N) is 2. The van der Waals surface area contributed by atoms with Crippen molar-refractivity contribution in [3.63, 3.8) is 0 Å². The number of hydrogen-bond donors (Lipinski definition) is 2. The molecule has 0 bridgehead atoms. The quantitative estimate of drug-likeness (QED) is 0.889. The predicted octanol–water partition coefficient (Wildman–Crippen LogP) is 1.90. The number of carbonyl (C=O) groups is 1. The summed E-state index contributed by atoms with van der Waals surface area (Å²) in [5.74, 6) is -0.0841. The van der Waals surface area contributed by atoms with E-state index in [4.69, 9.17) is 5.73 Å². The predicted molar refractivity (Wildman–Crippen MR) is 66.8 cm³/mol. The van der Waals surface area contributed by atoms with Crippen LogP contribution in [-0.2, 0) is 11.3 Å². The lowest BCUT2D eigenvalue weighted by atomic mass is 10.00. The van der Waals surface area contributed by atoms with Crippen LogP contribution in [0.2, 0.25) is 0 Å². The molecule has 0 saturated heterocycles. The average molecular weight is 290 g/mol. The van der Waals surface area contributed by atoms with Crippen molar-refractivity contribution < 1.29 is 18.0 Å².